The lowest BCUT2D eigenvalue weighted by atomic mass is 9.95. The third-order valence-electron chi connectivity index (χ3n) is 5.90. The molecule has 174 valence electrons. The number of ether oxygens (including phenoxy) is 3. The number of ketones is 1. The highest BCUT2D eigenvalue weighted by atomic mass is 35.5. The van der Waals surface area contributed by atoms with Crippen molar-refractivity contribution in [2.24, 2.45) is 0 Å². The smallest absolute Gasteiger partial charge is 0.295 e. The van der Waals surface area contributed by atoms with Crippen molar-refractivity contribution < 1.29 is 28.9 Å². The van der Waals surface area contributed by atoms with Crippen molar-refractivity contribution >= 4 is 29.1 Å². The topological polar surface area (TPSA) is 85.3 Å². The molecule has 0 aromatic heterocycles. The Hall–Kier alpha value is -3.03. The molecule has 2 fully saturated rings. The van der Waals surface area contributed by atoms with Crippen LogP contribution in [-0.4, -0.2) is 54.7 Å². The molecule has 2 aromatic rings. The summed E-state index contributed by atoms with van der Waals surface area (Å²) >= 11 is 6.24. The van der Waals surface area contributed by atoms with Crippen LogP contribution in [0.25, 0.3) is 5.76 Å². The van der Waals surface area contributed by atoms with Crippen molar-refractivity contribution in [3.05, 3.63) is 64.2 Å². The second-order valence-electron chi connectivity index (χ2n) is 7.94. The van der Waals surface area contributed by atoms with E-state index in [0.717, 1.165) is 12.8 Å². The van der Waals surface area contributed by atoms with E-state index < -0.39 is 17.7 Å². The normalized spacial score (nSPS) is 22.1. The Balaban J connectivity index is 1.80. The monoisotopic (exact) mass is 471 g/mol. The largest absolute Gasteiger partial charge is 0.507 e. The lowest BCUT2D eigenvalue weighted by Gasteiger charge is -2.27. The van der Waals surface area contributed by atoms with E-state index >= 15 is 0 Å². The number of hydrogen-bond donors (Lipinski definition) is 1. The van der Waals surface area contributed by atoms with Crippen LogP contribution in [0.2, 0.25) is 5.02 Å². The van der Waals surface area contributed by atoms with Gasteiger partial charge in [-0.2, -0.15) is 0 Å². The van der Waals surface area contributed by atoms with Crippen molar-refractivity contribution in [2.75, 3.05) is 26.9 Å². The van der Waals surface area contributed by atoms with Gasteiger partial charge in [0.05, 0.1) is 36.5 Å². The summed E-state index contributed by atoms with van der Waals surface area (Å²) in [5.74, 6) is -0.567. The second kappa shape index (κ2) is 9.85. The van der Waals surface area contributed by atoms with E-state index in [9.17, 15) is 14.7 Å². The molecule has 0 aliphatic carbocycles. The predicted octanol–water partition coefficient (Wildman–Crippen LogP) is 4.35. The minimum atomic E-state index is -0.759. The lowest BCUT2D eigenvalue weighted by Crippen LogP contribution is -2.36. The minimum Gasteiger partial charge on any atom is -0.507 e. The molecular formula is C25H26ClNO6. The van der Waals surface area contributed by atoms with Crippen LogP contribution in [0.4, 0.5) is 0 Å². The Morgan fingerprint density at radius 3 is 2.58 bits per heavy atom. The van der Waals surface area contributed by atoms with Gasteiger partial charge in [0, 0.05) is 18.7 Å². The molecule has 2 atom stereocenters. The number of hydrogen-bond acceptors (Lipinski definition) is 6. The van der Waals surface area contributed by atoms with Gasteiger partial charge in [-0.05, 0) is 55.7 Å². The summed E-state index contributed by atoms with van der Waals surface area (Å²) in [5, 5.41) is 11.5. The highest BCUT2D eigenvalue weighted by molar-refractivity contribution is 6.46. The average molecular weight is 472 g/mol. The molecule has 4 rings (SSSR count). The Morgan fingerprint density at radius 1 is 1.21 bits per heavy atom. The zero-order valence-corrected chi connectivity index (χ0v) is 19.3. The lowest BCUT2D eigenvalue weighted by molar-refractivity contribution is -0.140. The van der Waals surface area contributed by atoms with Crippen LogP contribution in [0, 0.1) is 0 Å². The number of amides is 1. The molecule has 2 heterocycles. The first-order valence-electron chi connectivity index (χ1n) is 10.9. The first kappa shape index (κ1) is 23.1. The Labute approximate surface area is 197 Å². The molecule has 1 amide bonds. The molecule has 8 heteroatoms. The Morgan fingerprint density at radius 2 is 1.97 bits per heavy atom. The number of aliphatic hydroxyl groups excluding tert-OH is 1. The summed E-state index contributed by atoms with van der Waals surface area (Å²) < 4.78 is 16.4. The number of carbonyl (C=O) groups excluding carboxylic acids is 2. The van der Waals surface area contributed by atoms with Gasteiger partial charge in [0.2, 0.25) is 0 Å². The molecule has 0 saturated carbocycles. The standard InChI is InChI=1S/C25H26ClNO6/c1-3-32-17-9-6-15(7-10-17)22-21(23(28)16-8-11-20(31-2)19(26)13-16)24(29)25(30)27(22)14-18-5-4-12-33-18/h6-11,13,18,22,28H,3-5,12,14H2,1-2H3/b23-21-. The third-order valence-corrected chi connectivity index (χ3v) is 6.19. The third kappa shape index (κ3) is 4.56. The number of Topliss-reactive ketones (excluding diaryl/α,β-unsaturated/α-hetero) is 1. The Bertz CT molecular complexity index is 1070. The van der Waals surface area contributed by atoms with Crippen molar-refractivity contribution in [1.29, 1.82) is 0 Å². The van der Waals surface area contributed by atoms with E-state index in [2.05, 4.69) is 0 Å². The van der Waals surface area contributed by atoms with Crippen LogP contribution in [0.15, 0.2) is 48.0 Å². The molecule has 33 heavy (non-hydrogen) atoms. The number of likely N-dealkylation sites (tertiary alicyclic amines) is 1. The molecule has 2 unspecified atom stereocenters. The zero-order valence-electron chi connectivity index (χ0n) is 18.5. The summed E-state index contributed by atoms with van der Waals surface area (Å²) in [4.78, 5) is 27.7. The molecule has 2 aliphatic heterocycles. The van der Waals surface area contributed by atoms with E-state index in [1.807, 2.05) is 6.92 Å². The molecule has 2 saturated heterocycles. The molecule has 0 bridgehead atoms. The van der Waals surface area contributed by atoms with Gasteiger partial charge in [-0.15, -0.1) is 0 Å². The maximum Gasteiger partial charge on any atom is 0.295 e. The summed E-state index contributed by atoms with van der Waals surface area (Å²) in [6.45, 7) is 3.31. The number of nitrogens with zero attached hydrogens (tertiary/aromatic N) is 1. The molecule has 0 spiro atoms. The van der Waals surface area contributed by atoms with Gasteiger partial charge < -0.3 is 24.2 Å². The van der Waals surface area contributed by atoms with Crippen LogP contribution in [-0.2, 0) is 14.3 Å². The van der Waals surface area contributed by atoms with Crippen LogP contribution in [0.3, 0.4) is 0 Å². The zero-order chi connectivity index (χ0) is 23.5. The second-order valence-corrected chi connectivity index (χ2v) is 8.35. The van der Waals surface area contributed by atoms with Crippen molar-refractivity contribution in [3.63, 3.8) is 0 Å². The fourth-order valence-corrected chi connectivity index (χ4v) is 4.56. The predicted molar refractivity (Wildman–Crippen MR) is 124 cm³/mol. The van der Waals surface area contributed by atoms with E-state index in [1.165, 1.54) is 18.1 Å². The number of halogens is 1. The number of benzene rings is 2. The first-order valence-corrected chi connectivity index (χ1v) is 11.3. The van der Waals surface area contributed by atoms with Crippen LogP contribution < -0.4 is 9.47 Å². The number of aliphatic hydroxyl groups is 1. The van der Waals surface area contributed by atoms with E-state index in [-0.39, 0.29) is 29.0 Å². The van der Waals surface area contributed by atoms with E-state index in [1.54, 1.807) is 36.4 Å². The Kier molecular flexibility index (Phi) is 6.91. The number of carbonyl (C=O) groups is 2. The van der Waals surface area contributed by atoms with Crippen molar-refractivity contribution in [3.8, 4) is 11.5 Å². The molecule has 1 N–H and O–H groups in total. The quantitative estimate of drug-likeness (QED) is 0.367. The minimum absolute atomic E-state index is 0.0170. The van der Waals surface area contributed by atoms with Gasteiger partial charge >= 0.3 is 0 Å². The van der Waals surface area contributed by atoms with Gasteiger partial charge in [0.15, 0.2) is 0 Å². The first-order chi connectivity index (χ1) is 15.9. The number of rotatable bonds is 7. The van der Waals surface area contributed by atoms with Gasteiger partial charge in [-0.25, -0.2) is 0 Å². The van der Waals surface area contributed by atoms with Gasteiger partial charge in [0.1, 0.15) is 17.3 Å². The maximum atomic E-state index is 13.1. The van der Waals surface area contributed by atoms with Crippen LogP contribution in [0.1, 0.15) is 36.9 Å². The summed E-state index contributed by atoms with van der Waals surface area (Å²) in [7, 11) is 1.49. The van der Waals surface area contributed by atoms with Crippen LogP contribution >= 0.6 is 11.6 Å². The summed E-state index contributed by atoms with van der Waals surface area (Å²) in [5.41, 5.74) is 1.03. The summed E-state index contributed by atoms with van der Waals surface area (Å²) in [6.07, 6.45) is 1.57. The molecule has 2 aliphatic rings. The molecule has 2 aromatic carbocycles. The van der Waals surface area contributed by atoms with Gasteiger partial charge in [-0.1, -0.05) is 23.7 Å². The average Bonchev–Trinajstić information content (AvgIpc) is 3.42. The van der Waals surface area contributed by atoms with Gasteiger partial charge in [0.25, 0.3) is 11.7 Å². The molecule has 0 radical (unpaired) electrons. The summed E-state index contributed by atoms with van der Waals surface area (Å²) in [6, 6.07) is 11.1. The van der Waals surface area contributed by atoms with Crippen molar-refractivity contribution in [2.45, 2.75) is 31.9 Å². The van der Waals surface area contributed by atoms with E-state index in [4.69, 9.17) is 25.8 Å². The van der Waals surface area contributed by atoms with E-state index in [0.29, 0.717) is 35.8 Å². The fourth-order valence-electron chi connectivity index (χ4n) is 4.30. The molecule has 7 nitrogen and oxygen atoms in total. The number of methoxy groups -OCH3 is 1. The van der Waals surface area contributed by atoms with Gasteiger partial charge in [-0.3, -0.25) is 9.59 Å². The highest BCUT2D eigenvalue weighted by Gasteiger charge is 2.47. The SMILES string of the molecule is CCOc1ccc(C2/C(=C(/O)c3ccc(OC)c(Cl)c3)C(=O)C(=O)N2CC2CCCO2)cc1. The van der Waals surface area contributed by atoms with Crippen molar-refractivity contribution in [1.82, 2.24) is 4.90 Å². The highest BCUT2D eigenvalue weighted by Crippen LogP contribution is 2.41. The maximum absolute atomic E-state index is 13.1. The molecular weight excluding hydrogens is 446 g/mol. The fraction of sp³-hybridized carbons (Fsp3) is 0.360. The van der Waals surface area contributed by atoms with Crippen LogP contribution in [0.5, 0.6) is 11.5 Å².